The van der Waals surface area contributed by atoms with Gasteiger partial charge in [0.2, 0.25) is 0 Å². The van der Waals surface area contributed by atoms with Crippen LogP contribution in [-0.4, -0.2) is 50.8 Å². The van der Waals surface area contributed by atoms with Crippen molar-refractivity contribution in [2.24, 2.45) is 4.99 Å². The van der Waals surface area contributed by atoms with Crippen molar-refractivity contribution < 1.29 is 4.74 Å². The average molecular weight is 215 g/mol. The number of ether oxygens (including phenoxy) is 1. The van der Waals surface area contributed by atoms with Crippen LogP contribution in [0.4, 0.5) is 0 Å². The summed E-state index contributed by atoms with van der Waals surface area (Å²) >= 11 is 0. The Kier molecular flexibility index (Phi) is 8.09. The zero-order chi connectivity index (χ0) is 11.7. The molecule has 0 spiro atoms. The third-order valence-electron chi connectivity index (χ3n) is 1.69. The molecule has 0 aliphatic carbocycles. The van der Waals surface area contributed by atoms with Crippen molar-refractivity contribution >= 4 is 6.02 Å². The first kappa shape index (κ1) is 14.2. The molecule has 0 heterocycles. The third-order valence-corrected chi connectivity index (χ3v) is 1.69. The number of hydrogen-bond acceptors (Lipinski definition) is 3. The number of amidine groups is 1. The minimum absolute atomic E-state index is 0.177. The van der Waals surface area contributed by atoms with Gasteiger partial charge in [0.15, 0.2) is 0 Å². The normalized spacial score (nSPS) is 12.3. The summed E-state index contributed by atoms with van der Waals surface area (Å²) < 4.78 is 5.52. The van der Waals surface area contributed by atoms with E-state index < -0.39 is 0 Å². The molecule has 0 aromatic rings. The maximum Gasteiger partial charge on any atom is 0.284 e. The van der Waals surface area contributed by atoms with Gasteiger partial charge in [-0.1, -0.05) is 0 Å². The summed E-state index contributed by atoms with van der Waals surface area (Å²) in [4.78, 5) is 6.54. The number of hydrogen-bond donors (Lipinski definition) is 1. The van der Waals surface area contributed by atoms with Gasteiger partial charge in [-0.15, -0.1) is 0 Å². The van der Waals surface area contributed by atoms with Gasteiger partial charge in [-0.05, 0) is 47.8 Å². The second kappa shape index (κ2) is 8.53. The third kappa shape index (κ3) is 9.53. The summed E-state index contributed by atoms with van der Waals surface area (Å²) in [6.45, 7) is 8.77. The molecule has 0 aliphatic heterocycles. The molecule has 1 N–H and O–H groups in total. The monoisotopic (exact) mass is 215 g/mol. The van der Waals surface area contributed by atoms with Gasteiger partial charge in [0.1, 0.15) is 0 Å². The molecule has 4 nitrogen and oxygen atoms in total. The van der Waals surface area contributed by atoms with Crippen LogP contribution in [0.25, 0.3) is 0 Å². The molecule has 0 unspecified atom stereocenters. The largest absolute Gasteiger partial charge is 0.463 e. The van der Waals surface area contributed by atoms with E-state index in [2.05, 4.69) is 29.3 Å². The standard InChI is InChI=1S/C11H25N3O/c1-6-12-11(15-10(2)3)13-8-7-9-14(4)5/h10H,6-9H2,1-5H3,(H,12,13). The lowest BCUT2D eigenvalue weighted by atomic mass is 10.4. The van der Waals surface area contributed by atoms with Crippen LogP contribution >= 0.6 is 0 Å². The fourth-order valence-electron chi connectivity index (χ4n) is 1.08. The molecular weight excluding hydrogens is 190 g/mol. The zero-order valence-electron chi connectivity index (χ0n) is 10.7. The van der Waals surface area contributed by atoms with E-state index >= 15 is 0 Å². The highest BCUT2D eigenvalue weighted by Crippen LogP contribution is 1.91. The maximum absolute atomic E-state index is 5.52. The first-order valence-corrected chi connectivity index (χ1v) is 5.66. The van der Waals surface area contributed by atoms with Crippen LogP contribution in [0.5, 0.6) is 0 Å². The Bertz CT molecular complexity index is 179. The van der Waals surface area contributed by atoms with Crippen LogP contribution in [0.1, 0.15) is 27.2 Å². The SMILES string of the molecule is CCNC(=NCCCN(C)C)OC(C)C. The lowest BCUT2D eigenvalue weighted by Crippen LogP contribution is -2.29. The topological polar surface area (TPSA) is 36.9 Å². The number of nitrogens with one attached hydrogen (secondary N) is 1. The Morgan fingerprint density at radius 2 is 2.07 bits per heavy atom. The van der Waals surface area contributed by atoms with Gasteiger partial charge >= 0.3 is 0 Å². The molecule has 0 aromatic heterocycles. The summed E-state index contributed by atoms with van der Waals surface area (Å²) in [7, 11) is 4.14. The van der Waals surface area contributed by atoms with Crippen molar-refractivity contribution in [2.75, 3.05) is 33.7 Å². The Labute approximate surface area is 93.7 Å². The van der Waals surface area contributed by atoms with Crippen molar-refractivity contribution in [3.8, 4) is 0 Å². The molecule has 0 saturated carbocycles. The van der Waals surface area contributed by atoms with E-state index in [1.807, 2.05) is 20.8 Å². The molecule has 0 rings (SSSR count). The van der Waals surface area contributed by atoms with Crippen molar-refractivity contribution in [2.45, 2.75) is 33.3 Å². The predicted octanol–water partition coefficient (Wildman–Crippen LogP) is 1.33. The molecular formula is C11H25N3O. The minimum Gasteiger partial charge on any atom is -0.463 e. The summed E-state index contributed by atoms with van der Waals surface area (Å²) in [5.41, 5.74) is 0. The molecule has 0 bridgehead atoms. The van der Waals surface area contributed by atoms with Crippen LogP contribution in [0.15, 0.2) is 4.99 Å². The fraction of sp³-hybridized carbons (Fsp3) is 0.909. The van der Waals surface area contributed by atoms with Crippen LogP contribution in [0.3, 0.4) is 0 Å². The van der Waals surface area contributed by atoms with Gasteiger partial charge < -0.3 is 15.0 Å². The molecule has 0 fully saturated rings. The van der Waals surface area contributed by atoms with Crippen LogP contribution < -0.4 is 5.32 Å². The van der Waals surface area contributed by atoms with E-state index in [1.165, 1.54) is 0 Å². The second-order valence-electron chi connectivity index (χ2n) is 4.04. The molecule has 0 atom stereocenters. The summed E-state index contributed by atoms with van der Waals surface area (Å²) in [6, 6.07) is 0.672. The summed E-state index contributed by atoms with van der Waals surface area (Å²) in [6.07, 6.45) is 1.24. The molecule has 0 amide bonds. The van der Waals surface area contributed by atoms with Crippen LogP contribution in [0.2, 0.25) is 0 Å². The van der Waals surface area contributed by atoms with Crippen molar-refractivity contribution in [1.29, 1.82) is 0 Å². The first-order chi connectivity index (χ1) is 7.06. The number of rotatable bonds is 6. The highest BCUT2D eigenvalue weighted by atomic mass is 16.5. The second-order valence-corrected chi connectivity index (χ2v) is 4.04. The first-order valence-electron chi connectivity index (χ1n) is 5.66. The Morgan fingerprint density at radius 1 is 1.40 bits per heavy atom. The van der Waals surface area contributed by atoms with Crippen molar-refractivity contribution in [1.82, 2.24) is 10.2 Å². The lowest BCUT2D eigenvalue weighted by Gasteiger charge is -2.13. The van der Waals surface area contributed by atoms with E-state index in [9.17, 15) is 0 Å². The molecule has 4 heteroatoms. The van der Waals surface area contributed by atoms with E-state index in [-0.39, 0.29) is 6.10 Å². The van der Waals surface area contributed by atoms with Gasteiger partial charge in [-0.2, -0.15) is 0 Å². The van der Waals surface area contributed by atoms with E-state index in [0.29, 0.717) is 6.02 Å². The summed E-state index contributed by atoms with van der Waals surface area (Å²) in [5, 5.41) is 3.12. The Balaban J connectivity index is 3.83. The van der Waals surface area contributed by atoms with Gasteiger partial charge in [0.25, 0.3) is 6.02 Å². The Hall–Kier alpha value is -0.770. The highest BCUT2D eigenvalue weighted by molar-refractivity contribution is 5.73. The zero-order valence-corrected chi connectivity index (χ0v) is 10.7. The molecule has 0 aliphatic rings. The fourth-order valence-corrected chi connectivity index (χ4v) is 1.08. The summed E-state index contributed by atoms with van der Waals surface area (Å²) in [5.74, 6) is 0. The van der Waals surface area contributed by atoms with Gasteiger partial charge in [0.05, 0.1) is 6.10 Å². The van der Waals surface area contributed by atoms with Crippen LogP contribution in [0, 0.1) is 0 Å². The van der Waals surface area contributed by atoms with E-state index in [0.717, 1.165) is 26.1 Å². The van der Waals surface area contributed by atoms with E-state index in [4.69, 9.17) is 4.74 Å². The Morgan fingerprint density at radius 3 is 2.53 bits per heavy atom. The van der Waals surface area contributed by atoms with E-state index in [1.54, 1.807) is 0 Å². The molecule has 0 saturated heterocycles. The van der Waals surface area contributed by atoms with Gasteiger partial charge in [0, 0.05) is 13.1 Å². The molecule has 90 valence electrons. The molecule has 0 radical (unpaired) electrons. The van der Waals surface area contributed by atoms with Crippen molar-refractivity contribution in [3.05, 3.63) is 0 Å². The molecule has 15 heavy (non-hydrogen) atoms. The molecule has 0 aromatic carbocycles. The van der Waals surface area contributed by atoms with Gasteiger partial charge in [-0.25, -0.2) is 4.99 Å². The van der Waals surface area contributed by atoms with Crippen LogP contribution in [-0.2, 0) is 4.74 Å². The predicted molar refractivity (Wildman–Crippen MR) is 65.4 cm³/mol. The number of nitrogens with zero attached hydrogens (tertiary/aromatic N) is 2. The number of aliphatic imine (C=N–C) groups is 1. The lowest BCUT2D eigenvalue weighted by molar-refractivity contribution is 0.216. The quantitative estimate of drug-likeness (QED) is 0.412. The van der Waals surface area contributed by atoms with Gasteiger partial charge in [-0.3, -0.25) is 0 Å². The van der Waals surface area contributed by atoms with Crippen molar-refractivity contribution in [3.63, 3.8) is 0 Å². The smallest absolute Gasteiger partial charge is 0.284 e. The minimum atomic E-state index is 0.177. The highest BCUT2D eigenvalue weighted by Gasteiger charge is 2.00. The average Bonchev–Trinajstić information content (AvgIpc) is 2.11. The maximum atomic E-state index is 5.52.